The van der Waals surface area contributed by atoms with E-state index in [9.17, 15) is 29.4 Å². The van der Waals surface area contributed by atoms with Crippen LogP contribution in [0.1, 0.15) is 105 Å². The Morgan fingerprint density at radius 3 is 0.721 bits per heavy atom. The maximum atomic E-state index is 14.3. The van der Waals surface area contributed by atoms with E-state index in [0.717, 1.165) is 0 Å². The quantitative estimate of drug-likeness (QED) is 0.0767. The Balaban J connectivity index is 2.36. The Kier molecular flexibility index (Phi) is 14.0. The Hall–Kier alpha value is -4.81. The van der Waals surface area contributed by atoms with Gasteiger partial charge in [-0.1, -0.05) is 102 Å². The smallest absolute Gasteiger partial charge is 0.338 e. The summed E-state index contributed by atoms with van der Waals surface area (Å²) >= 11 is 0. The zero-order valence-corrected chi connectivity index (χ0v) is 48.5. The molecule has 0 atom stereocenters. The third-order valence-corrected chi connectivity index (χ3v) is 20.3. The maximum Gasteiger partial charge on any atom is 0.338 e. The molecular formula is C54H72O10Si4. The molecule has 4 aromatic carbocycles. The molecule has 4 aromatic rings. The van der Waals surface area contributed by atoms with E-state index in [-0.39, 0.29) is 44.5 Å². The molecule has 1 aliphatic carbocycles. The van der Waals surface area contributed by atoms with E-state index >= 15 is 0 Å². The normalized spacial score (nSPS) is 17.5. The second-order valence-electron chi connectivity index (χ2n) is 24.3. The van der Waals surface area contributed by atoms with Crippen LogP contribution in [0.5, 0.6) is 0 Å². The summed E-state index contributed by atoms with van der Waals surface area (Å²) in [5, 5.41) is 33.1. The minimum Gasteiger partial charge on any atom is -0.465 e. The van der Waals surface area contributed by atoms with Crippen LogP contribution in [0.3, 0.4) is 0 Å². The van der Waals surface area contributed by atoms with Gasteiger partial charge in [-0.2, -0.15) is 0 Å². The van der Waals surface area contributed by atoms with Crippen molar-refractivity contribution < 1.29 is 48.3 Å². The van der Waals surface area contributed by atoms with E-state index in [2.05, 4.69) is 102 Å². The summed E-state index contributed by atoms with van der Waals surface area (Å²) in [4.78, 5) is 57.0. The summed E-state index contributed by atoms with van der Waals surface area (Å²) in [6.45, 7) is 36.6. The molecule has 14 heteroatoms. The number of carbonyl (C=O) groups is 4. The zero-order chi connectivity index (χ0) is 52.0. The van der Waals surface area contributed by atoms with Crippen LogP contribution in [0.15, 0.2) is 24.3 Å². The van der Waals surface area contributed by atoms with Crippen LogP contribution in [0.4, 0.5) is 0 Å². The molecule has 0 spiro atoms. The van der Waals surface area contributed by atoms with Gasteiger partial charge in [0.15, 0.2) is 11.2 Å². The van der Waals surface area contributed by atoms with Gasteiger partial charge in [0.2, 0.25) is 0 Å². The highest BCUT2D eigenvalue weighted by atomic mass is 28.3. The Morgan fingerprint density at radius 2 is 0.588 bits per heavy atom. The first kappa shape index (κ1) is 54.1. The van der Waals surface area contributed by atoms with Crippen molar-refractivity contribution in [3.8, 4) is 23.7 Å². The molecule has 364 valence electrons. The van der Waals surface area contributed by atoms with Gasteiger partial charge in [0.1, 0.15) is 0 Å². The molecule has 5 rings (SSSR count). The molecule has 10 nitrogen and oxygen atoms in total. The molecule has 0 heterocycles. The number of carbonyl (C=O) groups excluding carboxylic acids is 4. The molecule has 0 amide bonds. The average molecular weight is 994 g/mol. The van der Waals surface area contributed by atoms with Gasteiger partial charge in [-0.05, 0) is 108 Å². The van der Waals surface area contributed by atoms with Gasteiger partial charge in [0.25, 0.3) is 0 Å². The Morgan fingerprint density at radius 1 is 0.412 bits per heavy atom. The molecule has 0 saturated heterocycles. The highest BCUT2D eigenvalue weighted by molar-refractivity contribution is 6.95. The number of benzene rings is 4. The topological polar surface area (TPSA) is 146 Å². The number of esters is 4. The summed E-state index contributed by atoms with van der Waals surface area (Å²) < 4.78 is 21.9. The van der Waals surface area contributed by atoms with E-state index in [1.165, 1.54) is 28.4 Å². The monoisotopic (exact) mass is 992 g/mol. The molecule has 1 aliphatic rings. The van der Waals surface area contributed by atoms with Crippen molar-refractivity contribution in [1.82, 2.24) is 0 Å². The van der Waals surface area contributed by atoms with Crippen LogP contribution in [-0.4, -0.2) is 94.8 Å². The van der Waals surface area contributed by atoms with Crippen molar-refractivity contribution in [2.75, 3.05) is 28.4 Å². The number of aliphatic hydroxyl groups is 2. The summed E-state index contributed by atoms with van der Waals surface area (Å²) in [7, 11) is -5.56. The van der Waals surface area contributed by atoms with Crippen LogP contribution >= 0.6 is 0 Å². The van der Waals surface area contributed by atoms with Gasteiger partial charge in [0, 0.05) is 33.1 Å². The van der Waals surface area contributed by atoms with Crippen LogP contribution in [0.2, 0.25) is 78.6 Å². The molecule has 0 aliphatic heterocycles. The van der Waals surface area contributed by atoms with Gasteiger partial charge in [0.05, 0.1) is 83.0 Å². The zero-order valence-electron chi connectivity index (χ0n) is 44.5. The van der Waals surface area contributed by atoms with Crippen molar-refractivity contribution in [3.63, 3.8) is 0 Å². The van der Waals surface area contributed by atoms with Crippen LogP contribution in [0.25, 0.3) is 21.5 Å². The van der Waals surface area contributed by atoms with Gasteiger partial charge in [-0.3, -0.25) is 0 Å². The van der Waals surface area contributed by atoms with Crippen molar-refractivity contribution in [1.29, 1.82) is 0 Å². The van der Waals surface area contributed by atoms with Gasteiger partial charge in [-0.25, -0.2) is 19.2 Å². The predicted molar refractivity (Wildman–Crippen MR) is 286 cm³/mol. The number of fused-ring (bicyclic) bond motifs is 4. The number of rotatable bonds is 8. The van der Waals surface area contributed by atoms with Gasteiger partial charge in [-0.15, -0.1) is 0 Å². The van der Waals surface area contributed by atoms with E-state index in [1.54, 1.807) is 0 Å². The molecule has 0 fully saturated rings. The lowest BCUT2D eigenvalue weighted by Gasteiger charge is -2.42. The van der Waals surface area contributed by atoms with Gasteiger partial charge < -0.3 is 29.2 Å². The molecule has 0 saturated carbocycles. The first-order valence-electron chi connectivity index (χ1n) is 23.0. The molecule has 0 unspecified atom stereocenters. The minimum absolute atomic E-state index is 0.133. The third-order valence-electron chi connectivity index (χ3n) is 12.2. The third kappa shape index (κ3) is 9.45. The lowest BCUT2D eigenvalue weighted by atomic mass is 9.66. The number of hydrogen-bond donors (Lipinski definition) is 2. The van der Waals surface area contributed by atoms with Crippen LogP contribution in [0, 0.1) is 34.5 Å². The lowest BCUT2D eigenvalue weighted by molar-refractivity contribution is 0.0558. The standard InChI is InChI=1S/C54H72O10Si4/c1-51(2,3)23-25-53(59)35-27-31-33(45(67(17,18)19)41(49(57)63-9)39(47(55)61-7)43(31)65(11,12)13)29-37(35)54(60,26-24-52(4,5)6)38-30-34-32(28-36(38)53)44(66(14,15)16)40(48(56)62-8)42(50(58)64-10)46(34)68(20,21)22/h27-30,59-60H,1-22H3. The molecular weight excluding hydrogens is 921 g/mol. The average Bonchev–Trinajstić information content (AvgIpc) is 3.20. The molecule has 0 bridgehead atoms. The summed E-state index contributed by atoms with van der Waals surface area (Å²) in [6.07, 6.45) is 0. The summed E-state index contributed by atoms with van der Waals surface area (Å²) in [5.74, 6) is 10.6. The Bertz CT molecular complexity index is 2590. The Labute approximate surface area is 407 Å². The van der Waals surface area contributed by atoms with Gasteiger partial charge >= 0.3 is 23.9 Å². The fourth-order valence-corrected chi connectivity index (χ4v) is 17.7. The number of ether oxygens (including phenoxy) is 4. The van der Waals surface area contributed by atoms with Crippen molar-refractivity contribution in [2.24, 2.45) is 10.8 Å². The lowest BCUT2D eigenvalue weighted by Crippen LogP contribution is -2.51. The van der Waals surface area contributed by atoms with Crippen molar-refractivity contribution in [2.45, 2.75) is 131 Å². The van der Waals surface area contributed by atoms with Crippen LogP contribution in [-0.2, 0) is 30.1 Å². The first-order chi connectivity index (χ1) is 30.8. The SMILES string of the molecule is COC(=O)c1c(C(=O)OC)c([Si](C)(C)C)c2cc3c(cc2c1[Si](C)(C)C)C(O)(C#CC(C)(C)C)c1cc2c([Si](C)(C)C)c(C(=O)OC)c(C(=O)OC)c([Si](C)(C)C)c2cc1C3(O)C#CC(C)(C)C. The predicted octanol–water partition coefficient (Wildman–Crippen LogP) is 8.20. The maximum absolute atomic E-state index is 14.3. The number of hydrogen-bond acceptors (Lipinski definition) is 10. The van der Waals surface area contributed by atoms with E-state index in [0.29, 0.717) is 42.3 Å². The number of methoxy groups -OCH3 is 4. The summed E-state index contributed by atoms with van der Waals surface area (Å²) in [6, 6.07) is 7.38. The van der Waals surface area contributed by atoms with Crippen molar-refractivity contribution in [3.05, 3.63) is 68.8 Å². The van der Waals surface area contributed by atoms with E-state index in [4.69, 9.17) is 18.9 Å². The molecule has 2 N–H and O–H groups in total. The molecule has 0 aromatic heterocycles. The van der Waals surface area contributed by atoms with Crippen molar-refractivity contribution >= 4 is 98.5 Å². The highest BCUT2D eigenvalue weighted by Crippen LogP contribution is 2.51. The minimum atomic E-state index is -2.68. The first-order valence-corrected chi connectivity index (χ1v) is 37.0. The van der Waals surface area contributed by atoms with E-state index < -0.39 is 78.2 Å². The van der Waals surface area contributed by atoms with Crippen LogP contribution < -0.4 is 20.7 Å². The highest BCUT2D eigenvalue weighted by Gasteiger charge is 2.51. The largest absolute Gasteiger partial charge is 0.465 e. The summed E-state index contributed by atoms with van der Waals surface area (Å²) in [5.41, 5.74) is -4.00. The van der Waals surface area contributed by atoms with E-state index in [1.807, 2.05) is 65.8 Å². The second kappa shape index (κ2) is 17.5. The molecule has 68 heavy (non-hydrogen) atoms. The second-order valence-corrected chi connectivity index (χ2v) is 44.3. The fraction of sp³-hybridized carbons (Fsp3) is 0.481. The molecule has 0 radical (unpaired) electrons. The fourth-order valence-electron chi connectivity index (χ4n) is 9.72.